The average Bonchev–Trinajstić information content (AvgIpc) is 3.00. The number of aromatic carboxylic acids is 2. The number of fused-ring (bicyclic) bond motifs is 4. The van der Waals surface area contributed by atoms with Crippen molar-refractivity contribution in [1.82, 2.24) is 0 Å². The largest absolute Gasteiger partial charge is 2.00 e. The summed E-state index contributed by atoms with van der Waals surface area (Å²) >= 11 is 0. The van der Waals surface area contributed by atoms with E-state index in [1.54, 1.807) is 0 Å². The second-order valence-electron chi connectivity index (χ2n) is 10.7. The maximum Gasteiger partial charge on any atom is 2.00 e. The Labute approximate surface area is 269 Å². The van der Waals surface area contributed by atoms with Crippen LogP contribution in [0.2, 0.25) is 0 Å². The Bertz CT molecular complexity index is 1510. The molecule has 4 radical (unpaired) electrons. The van der Waals surface area contributed by atoms with Crippen molar-refractivity contribution >= 4 is 35.6 Å². The monoisotopic (exact) mass is 692 g/mol. The third-order valence-electron chi connectivity index (χ3n) is 7.84. The maximum atomic E-state index is 11.6. The Kier molecular flexibility index (Phi) is 10.9. The molecule has 4 aromatic carbocycles. The quantitative estimate of drug-likeness (QED) is 0.188. The molecule has 0 aromatic heterocycles. The van der Waals surface area contributed by atoms with E-state index in [0.717, 1.165) is 83.4 Å². The number of aryl methyl sites for hydroxylation is 2. The van der Waals surface area contributed by atoms with Gasteiger partial charge in [0.2, 0.25) is 0 Å². The first-order chi connectivity index (χ1) is 20.4. The van der Waals surface area contributed by atoms with Crippen molar-refractivity contribution in [3.8, 4) is 23.0 Å². The van der Waals surface area contributed by atoms with Crippen LogP contribution in [0.4, 0.5) is 0 Å². The van der Waals surface area contributed by atoms with E-state index in [9.17, 15) is 19.8 Å². The molecule has 0 atom stereocenters. The summed E-state index contributed by atoms with van der Waals surface area (Å²) in [5.41, 5.74) is 5.83. The number of carbonyl (C=O) groups is 2. The summed E-state index contributed by atoms with van der Waals surface area (Å²) in [7, 11) is 0. The molecule has 0 aliphatic carbocycles. The van der Waals surface area contributed by atoms with Crippen molar-refractivity contribution in [2.75, 3.05) is 0 Å². The van der Waals surface area contributed by atoms with Crippen LogP contribution >= 0.6 is 0 Å². The first-order valence-corrected chi connectivity index (χ1v) is 14.6. The zero-order chi connectivity index (χ0) is 29.6. The number of rotatable bonds is 8. The fourth-order valence-electron chi connectivity index (χ4n) is 5.67. The number of hydrogen-bond acceptors (Lipinski definition) is 6. The van der Waals surface area contributed by atoms with E-state index in [4.69, 9.17) is 9.47 Å². The number of carboxylic acid groups (broad SMARTS) is 2. The predicted molar refractivity (Wildman–Crippen MR) is 163 cm³/mol. The van der Waals surface area contributed by atoms with Crippen LogP contribution in [0.15, 0.2) is 72.8 Å². The van der Waals surface area contributed by atoms with E-state index < -0.39 is 11.9 Å². The molecule has 0 unspecified atom stereocenters. The SMILES string of the molecule is CCCCc1ccc2c(c1C(=O)[O-])Cc1ccccc1O2.CCCCc1ccc2c(c1C(=O)[O-])Cc1ccccc1O2.[Te+2]. The van der Waals surface area contributed by atoms with E-state index in [1.165, 1.54) is 0 Å². The van der Waals surface area contributed by atoms with Gasteiger partial charge in [-0.1, -0.05) is 75.2 Å². The number of benzene rings is 4. The van der Waals surface area contributed by atoms with Gasteiger partial charge < -0.3 is 29.3 Å². The van der Waals surface area contributed by atoms with E-state index in [-0.39, 0.29) is 23.7 Å². The van der Waals surface area contributed by atoms with Crippen molar-refractivity contribution in [3.63, 3.8) is 0 Å². The summed E-state index contributed by atoms with van der Waals surface area (Å²) in [5, 5.41) is 23.2. The molecule has 4 aromatic rings. The number of para-hydroxylation sites is 2. The molecule has 0 bridgehead atoms. The summed E-state index contributed by atoms with van der Waals surface area (Å²) in [4.78, 5) is 23.2. The van der Waals surface area contributed by atoms with Gasteiger partial charge in [0.1, 0.15) is 23.0 Å². The van der Waals surface area contributed by atoms with Crippen molar-refractivity contribution in [2.24, 2.45) is 0 Å². The minimum absolute atomic E-state index is 0. The molecule has 2 heterocycles. The summed E-state index contributed by atoms with van der Waals surface area (Å²) < 4.78 is 11.7. The van der Waals surface area contributed by atoms with E-state index >= 15 is 0 Å². The van der Waals surface area contributed by atoms with Crippen molar-refractivity contribution in [1.29, 1.82) is 0 Å². The average molecular weight is 690 g/mol. The second kappa shape index (κ2) is 14.6. The molecule has 0 amide bonds. The summed E-state index contributed by atoms with van der Waals surface area (Å²) in [6, 6.07) is 22.9. The Morgan fingerprint density at radius 2 is 1.00 bits per heavy atom. The molecule has 0 saturated heterocycles. The van der Waals surface area contributed by atoms with Gasteiger partial charge in [-0.25, -0.2) is 0 Å². The molecular weight excluding hydrogens is 656 g/mol. The normalized spacial score (nSPS) is 12.0. The van der Waals surface area contributed by atoms with E-state index in [2.05, 4.69) is 13.8 Å². The van der Waals surface area contributed by atoms with Crippen LogP contribution in [0.3, 0.4) is 0 Å². The van der Waals surface area contributed by atoms with Crippen LogP contribution in [0, 0.1) is 0 Å². The van der Waals surface area contributed by atoms with Gasteiger partial charge in [-0.05, 0) is 72.2 Å². The zero-order valence-corrected chi connectivity index (χ0v) is 26.8. The topological polar surface area (TPSA) is 98.7 Å². The Morgan fingerprint density at radius 1 is 0.605 bits per heavy atom. The Hall–Kier alpha value is -3.79. The molecule has 0 spiro atoms. The Morgan fingerprint density at radius 3 is 1.37 bits per heavy atom. The molecule has 0 saturated carbocycles. The molecule has 7 heteroatoms. The van der Waals surface area contributed by atoms with Crippen LogP contribution in [-0.4, -0.2) is 35.6 Å². The van der Waals surface area contributed by atoms with Gasteiger partial charge in [0.05, 0.1) is 11.9 Å². The van der Waals surface area contributed by atoms with Crippen LogP contribution in [0.1, 0.15) is 93.6 Å². The van der Waals surface area contributed by atoms with Gasteiger partial charge in [0.25, 0.3) is 0 Å². The molecule has 6 nitrogen and oxygen atoms in total. The van der Waals surface area contributed by atoms with Gasteiger partial charge >= 0.3 is 23.7 Å². The molecule has 0 fully saturated rings. The fraction of sp³-hybridized carbons (Fsp3) is 0.278. The number of carboxylic acids is 2. The zero-order valence-electron chi connectivity index (χ0n) is 24.4. The third kappa shape index (κ3) is 7.06. The van der Waals surface area contributed by atoms with Crippen LogP contribution in [0.5, 0.6) is 23.0 Å². The van der Waals surface area contributed by atoms with Crippen molar-refractivity contribution in [3.05, 3.63) is 117 Å². The number of ether oxygens (including phenoxy) is 2. The smallest absolute Gasteiger partial charge is 0.545 e. The number of hydrogen-bond donors (Lipinski definition) is 0. The van der Waals surface area contributed by atoms with Gasteiger partial charge in [0, 0.05) is 35.1 Å². The Balaban J connectivity index is 0.000000192. The molecule has 6 rings (SSSR count). The first kappa shape index (κ1) is 32.1. The molecule has 43 heavy (non-hydrogen) atoms. The molecule has 2 aliphatic rings. The summed E-state index contributed by atoms with van der Waals surface area (Å²) in [6.07, 6.45) is 6.67. The van der Waals surface area contributed by atoms with Crippen LogP contribution in [0.25, 0.3) is 0 Å². The molecular formula is C36H34O6Te. The van der Waals surface area contributed by atoms with Gasteiger partial charge in [-0.15, -0.1) is 0 Å². The number of unbranched alkanes of at least 4 members (excludes halogenated alkanes) is 2. The molecule has 220 valence electrons. The number of carbonyl (C=O) groups excluding carboxylic acids is 2. The van der Waals surface area contributed by atoms with E-state index in [0.29, 0.717) is 35.5 Å². The van der Waals surface area contributed by atoms with E-state index in [1.807, 2.05) is 72.8 Å². The fourth-order valence-corrected chi connectivity index (χ4v) is 5.67. The minimum atomic E-state index is -1.11. The standard InChI is InChI=1S/2C18H18O3.Te/c2*1-2-3-6-12-9-10-16-14(17(12)18(19)20)11-13-7-4-5-8-15(13)21-16;/h2*4-5,7-10H,2-3,6,11H2,1H3,(H,19,20);/q;;+2/p-2. The maximum absolute atomic E-state index is 11.6. The van der Waals surface area contributed by atoms with Crippen molar-refractivity contribution < 1.29 is 29.3 Å². The summed E-state index contributed by atoms with van der Waals surface area (Å²) in [6.45, 7) is 4.19. The third-order valence-corrected chi connectivity index (χ3v) is 7.84. The molecule has 0 N–H and O–H groups in total. The van der Waals surface area contributed by atoms with Crippen LogP contribution in [-0.2, 0) is 25.7 Å². The minimum Gasteiger partial charge on any atom is -0.545 e. The van der Waals surface area contributed by atoms with Crippen molar-refractivity contribution in [2.45, 2.75) is 65.2 Å². The summed E-state index contributed by atoms with van der Waals surface area (Å²) in [5.74, 6) is 0.648. The van der Waals surface area contributed by atoms with Gasteiger partial charge in [0.15, 0.2) is 0 Å². The van der Waals surface area contributed by atoms with Crippen LogP contribution < -0.4 is 19.7 Å². The molecule has 2 aliphatic heterocycles. The predicted octanol–water partition coefficient (Wildman–Crippen LogP) is 5.80. The second-order valence-corrected chi connectivity index (χ2v) is 10.7. The van der Waals surface area contributed by atoms with Gasteiger partial charge in [-0.3, -0.25) is 0 Å². The first-order valence-electron chi connectivity index (χ1n) is 14.6. The van der Waals surface area contributed by atoms with Gasteiger partial charge in [-0.2, -0.15) is 0 Å².